The van der Waals surface area contributed by atoms with Crippen molar-refractivity contribution in [3.63, 3.8) is 0 Å². The van der Waals surface area contributed by atoms with Crippen molar-refractivity contribution in [1.82, 2.24) is 14.1 Å². The van der Waals surface area contributed by atoms with Gasteiger partial charge in [0.05, 0.1) is 22.9 Å². The van der Waals surface area contributed by atoms with E-state index in [1.54, 1.807) is 19.9 Å². The minimum Gasteiger partial charge on any atom is -0.492 e. The van der Waals surface area contributed by atoms with E-state index in [1.165, 1.54) is 16.4 Å². The predicted molar refractivity (Wildman–Crippen MR) is 131 cm³/mol. The third kappa shape index (κ3) is 6.57. The average Bonchev–Trinajstić information content (AvgIpc) is 3.00. The lowest BCUT2D eigenvalue weighted by Gasteiger charge is -2.20. The van der Waals surface area contributed by atoms with Crippen molar-refractivity contribution in [2.75, 3.05) is 25.0 Å². The summed E-state index contributed by atoms with van der Waals surface area (Å²) in [6.07, 6.45) is 0.816. The number of amides is 1. The van der Waals surface area contributed by atoms with Crippen LogP contribution in [0.2, 0.25) is 0 Å². The van der Waals surface area contributed by atoms with Gasteiger partial charge in [-0.3, -0.25) is 9.48 Å². The number of carbonyl (C=O) groups excluding carboxylic acids is 1. The molecule has 8 nitrogen and oxygen atoms in total. The van der Waals surface area contributed by atoms with E-state index in [9.17, 15) is 13.2 Å². The van der Waals surface area contributed by atoms with Gasteiger partial charge < -0.3 is 10.1 Å². The van der Waals surface area contributed by atoms with Crippen LogP contribution >= 0.6 is 0 Å². The maximum Gasteiger partial charge on any atom is 0.243 e. The molecule has 0 fully saturated rings. The monoisotopic (exact) mass is 478 g/mol. The minimum atomic E-state index is -3.65. The summed E-state index contributed by atoms with van der Waals surface area (Å²) >= 11 is 0. The summed E-state index contributed by atoms with van der Waals surface area (Å²) in [6, 6.07) is 4.59. The predicted octanol–water partition coefficient (Wildman–Crippen LogP) is 4.16. The molecule has 0 saturated carbocycles. The van der Waals surface area contributed by atoms with Crippen LogP contribution in [-0.4, -0.2) is 48.1 Å². The number of aryl methyl sites for hydroxylation is 1. The third-order valence-electron chi connectivity index (χ3n) is 5.54. The molecule has 0 unspecified atom stereocenters. The molecule has 0 bridgehead atoms. The first-order valence-electron chi connectivity index (χ1n) is 11.6. The van der Waals surface area contributed by atoms with Gasteiger partial charge in [0, 0.05) is 31.7 Å². The Hall–Kier alpha value is -2.39. The maximum atomic E-state index is 12.9. The van der Waals surface area contributed by atoms with Crippen LogP contribution in [0.4, 0.5) is 5.69 Å². The van der Waals surface area contributed by atoms with Crippen molar-refractivity contribution in [2.24, 2.45) is 5.92 Å². The first-order valence-corrected chi connectivity index (χ1v) is 13.1. The number of nitrogens with zero attached hydrogens (tertiary/aromatic N) is 3. The molecule has 0 spiro atoms. The topological polar surface area (TPSA) is 93.5 Å². The van der Waals surface area contributed by atoms with Crippen LogP contribution in [-0.2, 0) is 27.8 Å². The second-order valence-corrected chi connectivity index (χ2v) is 10.4. The van der Waals surface area contributed by atoms with E-state index in [1.807, 2.05) is 25.5 Å². The summed E-state index contributed by atoms with van der Waals surface area (Å²) in [7, 11) is -3.65. The van der Waals surface area contributed by atoms with Crippen LogP contribution in [0.15, 0.2) is 23.1 Å². The lowest BCUT2D eigenvalue weighted by Crippen LogP contribution is -2.30. The number of sulfonamides is 1. The number of ether oxygens (including phenoxy) is 1. The Balaban J connectivity index is 2.22. The molecule has 184 valence electrons. The quantitative estimate of drug-likeness (QED) is 0.494. The number of hydrogen-bond donors (Lipinski definition) is 1. The summed E-state index contributed by atoms with van der Waals surface area (Å²) in [4.78, 5) is 12.9. The van der Waals surface area contributed by atoms with Crippen LogP contribution in [0.25, 0.3) is 0 Å². The zero-order chi connectivity index (χ0) is 24.8. The Morgan fingerprint density at radius 1 is 1.18 bits per heavy atom. The maximum absolute atomic E-state index is 12.9. The highest BCUT2D eigenvalue weighted by molar-refractivity contribution is 7.89. The average molecular weight is 479 g/mol. The van der Waals surface area contributed by atoms with Crippen molar-refractivity contribution in [1.29, 1.82) is 0 Å². The molecule has 0 radical (unpaired) electrons. The molecule has 1 heterocycles. The van der Waals surface area contributed by atoms with Crippen LogP contribution in [0.1, 0.15) is 58.0 Å². The molecule has 1 aromatic heterocycles. The van der Waals surface area contributed by atoms with Crippen LogP contribution in [0, 0.1) is 19.8 Å². The van der Waals surface area contributed by atoms with Gasteiger partial charge in [-0.2, -0.15) is 9.40 Å². The number of rotatable bonds is 12. The second-order valence-electron chi connectivity index (χ2n) is 8.45. The van der Waals surface area contributed by atoms with Gasteiger partial charge >= 0.3 is 0 Å². The Kier molecular flexibility index (Phi) is 9.48. The Bertz CT molecular complexity index is 1060. The largest absolute Gasteiger partial charge is 0.492 e. The Morgan fingerprint density at radius 3 is 2.42 bits per heavy atom. The number of carbonyl (C=O) groups is 1. The first-order chi connectivity index (χ1) is 15.5. The third-order valence-corrected chi connectivity index (χ3v) is 7.59. The van der Waals surface area contributed by atoms with Crippen LogP contribution < -0.4 is 10.1 Å². The summed E-state index contributed by atoms with van der Waals surface area (Å²) in [5.74, 6) is 0.723. The number of nitrogens with one attached hydrogen (secondary N) is 1. The van der Waals surface area contributed by atoms with Crippen LogP contribution in [0.5, 0.6) is 5.75 Å². The standard InChI is InChI=1S/C24H38N4O4S/c1-8-27(9-2)33(30,31)20-11-13-23(32-10-3)22(15-20)25-24(29)14-12-21-18(6)26-28(19(21)7)16-17(4)5/h11,13,15,17H,8-10,12,14,16H2,1-7H3,(H,25,29). The summed E-state index contributed by atoms with van der Waals surface area (Å²) in [6.45, 7) is 15.7. The van der Waals surface area contributed by atoms with Crippen LogP contribution in [0.3, 0.4) is 0 Å². The second kappa shape index (κ2) is 11.7. The van der Waals surface area contributed by atoms with E-state index in [0.717, 1.165) is 23.5 Å². The van der Waals surface area contributed by atoms with Gasteiger partial charge in [0.25, 0.3) is 0 Å². The van der Waals surface area contributed by atoms with Gasteiger partial charge in [-0.05, 0) is 56.9 Å². The number of hydrogen-bond acceptors (Lipinski definition) is 5. The fourth-order valence-corrected chi connectivity index (χ4v) is 5.32. The molecule has 1 aromatic carbocycles. The molecule has 2 rings (SSSR count). The van der Waals surface area contributed by atoms with Crippen molar-refractivity contribution in [3.05, 3.63) is 35.2 Å². The summed E-state index contributed by atoms with van der Waals surface area (Å²) in [5, 5.41) is 7.47. The van der Waals surface area contributed by atoms with Crippen molar-refractivity contribution < 1.29 is 17.9 Å². The fraction of sp³-hybridized carbons (Fsp3) is 0.583. The highest BCUT2D eigenvalue weighted by Gasteiger charge is 2.23. The van der Waals surface area contributed by atoms with Gasteiger partial charge in [-0.15, -0.1) is 0 Å². The molecule has 1 N–H and O–H groups in total. The molecule has 0 atom stereocenters. The van der Waals surface area contributed by atoms with E-state index in [2.05, 4.69) is 24.3 Å². The van der Waals surface area contributed by atoms with Gasteiger partial charge in [0.1, 0.15) is 5.75 Å². The summed E-state index contributed by atoms with van der Waals surface area (Å²) in [5.41, 5.74) is 3.45. The highest BCUT2D eigenvalue weighted by atomic mass is 32.2. The molecule has 0 aliphatic rings. The van der Waals surface area contributed by atoms with Gasteiger partial charge in [0.15, 0.2) is 0 Å². The Morgan fingerprint density at radius 2 is 1.85 bits per heavy atom. The van der Waals surface area contributed by atoms with E-state index in [0.29, 0.717) is 43.5 Å². The molecular weight excluding hydrogens is 440 g/mol. The fourth-order valence-electron chi connectivity index (χ4n) is 3.83. The van der Waals surface area contributed by atoms with Crippen molar-refractivity contribution in [2.45, 2.75) is 72.7 Å². The van der Waals surface area contributed by atoms with Crippen molar-refractivity contribution >= 4 is 21.6 Å². The van der Waals surface area contributed by atoms with E-state index >= 15 is 0 Å². The molecule has 0 aliphatic heterocycles. The zero-order valence-electron chi connectivity index (χ0n) is 20.9. The zero-order valence-corrected chi connectivity index (χ0v) is 21.8. The molecule has 9 heteroatoms. The normalized spacial score (nSPS) is 11.9. The Labute approximate surface area is 198 Å². The number of aromatic nitrogens is 2. The molecule has 2 aromatic rings. The number of benzene rings is 1. The van der Waals surface area contributed by atoms with E-state index in [4.69, 9.17) is 4.74 Å². The van der Waals surface area contributed by atoms with E-state index < -0.39 is 10.0 Å². The van der Waals surface area contributed by atoms with E-state index in [-0.39, 0.29) is 17.2 Å². The molecular formula is C24H38N4O4S. The highest BCUT2D eigenvalue weighted by Crippen LogP contribution is 2.29. The molecule has 1 amide bonds. The lowest BCUT2D eigenvalue weighted by atomic mass is 10.1. The van der Waals surface area contributed by atoms with Gasteiger partial charge in [0.2, 0.25) is 15.9 Å². The molecule has 0 saturated heterocycles. The first kappa shape index (κ1) is 26.9. The lowest BCUT2D eigenvalue weighted by molar-refractivity contribution is -0.116. The van der Waals surface area contributed by atoms with Crippen molar-refractivity contribution in [3.8, 4) is 5.75 Å². The van der Waals surface area contributed by atoms with Gasteiger partial charge in [-0.1, -0.05) is 27.7 Å². The number of anilines is 1. The summed E-state index contributed by atoms with van der Waals surface area (Å²) < 4.78 is 34.9. The minimum absolute atomic E-state index is 0.131. The molecule has 0 aliphatic carbocycles. The SMILES string of the molecule is CCOc1ccc(S(=O)(=O)N(CC)CC)cc1NC(=O)CCc1c(C)nn(CC(C)C)c1C. The van der Waals surface area contributed by atoms with Gasteiger partial charge in [-0.25, -0.2) is 8.42 Å². The molecule has 33 heavy (non-hydrogen) atoms. The smallest absolute Gasteiger partial charge is 0.243 e.